The highest BCUT2D eigenvalue weighted by Crippen LogP contribution is 2.24. The van der Waals surface area contributed by atoms with Crippen molar-refractivity contribution >= 4 is 38.9 Å². The van der Waals surface area contributed by atoms with Crippen molar-refractivity contribution in [3.8, 4) is 10.6 Å². The molecule has 0 radical (unpaired) electrons. The fraction of sp³-hybridized carbons (Fsp3) is 0.273. The minimum atomic E-state index is 0.0253. The first-order chi connectivity index (χ1) is 14.2. The molecule has 0 aliphatic carbocycles. The third kappa shape index (κ3) is 5.51. The molecule has 0 saturated carbocycles. The Morgan fingerprint density at radius 2 is 1.69 bits per heavy atom. The molecule has 150 valence electrons. The maximum absolute atomic E-state index is 12.3. The van der Waals surface area contributed by atoms with Crippen molar-refractivity contribution in [2.45, 2.75) is 6.54 Å². The summed E-state index contributed by atoms with van der Waals surface area (Å²) in [6, 6.07) is 18.0. The third-order valence-corrected chi connectivity index (χ3v) is 6.57. The number of hydrogen-bond acceptors (Lipinski definition) is 5. The van der Waals surface area contributed by atoms with Gasteiger partial charge in [-0.2, -0.15) is 0 Å². The Morgan fingerprint density at radius 3 is 2.45 bits per heavy atom. The quantitative estimate of drug-likeness (QED) is 0.582. The second kappa shape index (κ2) is 9.63. The van der Waals surface area contributed by atoms with Crippen LogP contribution in [0.4, 0.5) is 5.69 Å². The molecule has 4 rings (SSSR count). The summed E-state index contributed by atoms with van der Waals surface area (Å²) in [6.45, 7) is 4.95. The van der Waals surface area contributed by atoms with Gasteiger partial charge in [0, 0.05) is 48.1 Å². The first-order valence-corrected chi connectivity index (χ1v) is 11.3. The van der Waals surface area contributed by atoms with Gasteiger partial charge in [0.05, 0.1) is 17.9 Å². The average molecular weight is 471 g/mol. The SMILES string of the molecule is O=C(CN1CCN(Cc2csc(-c3ccccc3)n2)CC1)Nc1ccccc1Br. The van der Waals surface area contributed by atoms with Crippen LogP contribution in [0.3, 0.4) is 0 Å². The largest absolute Gasteiger partial charge is 0.324 e. The molecular weight excluding hydrogens is 448 g/mol. The molecule has 1 amide bonds. The van der Waals surface area contributed by atoms with Gasteiger partial charge in [-0.15, -0.1) is 11.3 Å². The molecule has 2 aromatic carbocycles. The Kier molecular flexibility index (Phi) is 6.71. The molecule has 29 heavy (non-hydrogen) atoms. The van der Waals surface area contributed by atoms with Crippen LogP contribution < -0.4 is 5.32 Å². The van der Waals surface area contributed by atoms with Crippen LogP contribution >= 0.6 is 27.3 Å². The van der Waals surface area contributed by atoms with E-state index in [0.717, 1.165) is 53.6 Å². The number of anilines is 1. The van der Waals surface area contributed by atoms with Crippen LogP contribution in [0.15, 0.2) is 64.5 Å². The molecule has 5 nitrogen and oxygen atoms in total. The summed E-state index contributed by atoms with van der Waals surface area (Å²) in [5.41, 5.74) is 3.10. The van der Waals surface area contributed by atoms with Crippen LogP contribution in [0, 0.1) is 0 Å². The van der Waals surface area contributed by atoms with E-state index in [0.29, 0.717) is 6.54 Å². The maximum atomic E-state index is 12.3. The van der Waals surface area contributed by atoms with Gasteiger partial charge < -0.3 is 5.32 Å². The van der Waals surface area contributed by atoms with Crippen molar-refractivity contribution in [2.75, 3.05) is 38.0 Å². The summed E-state index contributed by atoms with van der Waals surface area (Å²) in [7, 11) is 0. The van der Waals surface area contributed by atoms with Gasteiger partial charge >= 0.3 is 0 Å². The molecule has 1 saturated heterocycles. The number of hydrogen-bond donors (Lipinski definition) is 1. The zero-order valence-electron chi connectivity index (χ0n) is 16.1. The van der Waals surface area contributed by atoms with Crippen LogP contribution in [0.5, 0.6) is 0 Å². The number of piperazine rings is 1. The monoisotopic (exact) mass is 470 g/mol. The molecular formula is C22H23BrN4OS. The summed E-state index contributed by atoms with van der Waals surface area (Å²) >= 11 is 5.16. The van der Waals surface area contributed by atoms with Crippen molar-refractivity contribution in [1.82, 2.24) is 14.8 Å². The van der Waals surface area contributed by atoms with Gasteiger partial charge in [-0.25, -0.2) is 4.98 Å². The number of benzene rings is 2. The standard InChI is InChI=1S/C22H23BrN4OS/c23-19-8-4-5-9-20(19)25-21(28)15-27-12-10-26(11-13-27)14-18-16-29-22(24-18)17-6-2-1-3-7-17/h1-9,16H,10-15H2,(H,25,28). The number of carbonyl (C=O) groups is 1. The third-order valence-electron chi connectivity index (χ3n) is 4.94. The normalized spacial score (nSPS) is 15.3. The smallest absolute Gasteiger partial charge is 0.238 e. The van der Waals surface area contributed by atoms with E-state index >= 15 is 0 Å². The Bertz CT molecular complexity index is 954. The zero-order chi connectivity index (χ0) is 20.1. The van der Waals surface area contributed by atoms with Crippen LogP contribution in [0.1, 0.15) is 5.69 Å². The van der Waals surface area contributed by atoms with Crippen LogP contribution in [-0.4, -0.2) is 53.4 Å². The van der Waals surface area contributed by atoms with Gasteiger partial charge in [0.2, 0.25) is 5.91 Å². The highest BCUT2D eigenvalue weighted by molar-refractivity contribution is 9.10. The molecule has 1 N–H and O–H groups in total. The zero-order valence-corrected chi connectivity index (χ0v) is 18.5. The molecule has 0 bridgehead atoms. The predicted molar refractivity (Wildman–Crippen MR) is 122 cm³/mol. The van der Waals surface area contributed by atoms with E-state index in [4.69, 9.17) is 4.98 Å². The molecule has 0 spiro atoms. The summed E-state index contributed by atoms with van der Waals surface area (Å²) < 4.78 is 0.899. The van der Waals surface area contributed by atoms with Gasteiger partial charge in [-0.05, 0) is 28.1 Å². The summed E-state index contributed by atoms with van der Waals surface area (Å²) in [5, 5.41) is 6.20. The molecule has 1 aliphatic rings. The highest BCUT2D eigenvalue weighted by Gasteiger charge is 2.20. The predicted octanol–water partition coefficient (Wildman–Crippen LogP) is 4.33. The molecule has 0 atom stereocenters. The van der Waals surface area contributed by atoms with E-state index in [1.165, 1.54) is 5.56 Å². The fourth-order valence-corrected chi connectivity index (χ4v) is 4.58. The van der Waals surface area contributed by atoms with Crippen molar-refractivity contribution in [2.24, 2.45) is 0 Å². The van der Waals surface area contributed by atoms with Crippen LogP contribution in [-0.2, 0) is 11.3 Å². The van der Waals surface area contributed by atoms with Gasteiger partial charge in [0.1, 0.15) is 5.01 Å². The van der Waals surface area contributed by atoms with Gasteiger partial charge in [0.25, 0.3) is 0 Å². The van der Waals surface area contributed by atoms with E-state index < -0.39 is 0 Å². The van der Waals surface area contributed by atoms with E-state index in [9.17, 15) is 4.79 Å². The summed E-state index contributed by atoms with van der Waals surface area (Å²) in [5.74, 6) is 0.0253. The van der Waals surface area contributed by atoms with Crippen molar-refractivity contribution in [1.29, 1.82) is 0 Å². The number of aromatic nitrogens is 1. The lowest BCUT2D eigenvalue weighted by Gasteiger charge is -2.33. The van der Waals surface area contributed by atoms with E-state index in [1.54, 1.807) is 11.3 Å². The summed E-state index contributed by atoms with van der Waals surface area (Å²) in [6.07, 6.45) is 0. The molecule has 7 heteroatoms. The fourth-order valence-electron chi connectivity index (χ4n) is 3.38. The number of nitrogens with one attached hydrogen (secondary N) is 1. The molecule has 1 aliphatic heterocycles. The lowest BCUT2D eigenvalue weighted by molar-refractivity contribution is -0.117. The van der Waals surface area contributed by atoms with E-state index in [2.05, 4.69) is 48.6 Å². The topological polar surface area (TPSA) is 48.5 Å². The number of nitrogens with zero attached hydrogens (tertiary/aromatic N) is 3. The number of halogens is 1. The lowest BCUT2D eigenvalue weighted by Crippen LogP contribution is -2.48. The number of rotatable bonds is 6. The summed E-state index contributed by atoms with van der Waals surface area (Å²) in [4.78, 5) is 21.8. The van der Waals surface area contributed by atoms with Crippen molar-refractivity contribution in [3.05, 3.63) is 70.1 Å². The van der Waals surface area contributed by atoms with Gasteiger partial charge in [0.15, 0.2) is 0 Å². The Morgan fingerprint density at radius 1 is 1.00 bits per heavy atom. The first kappa shape index (κ1) is 20.2. The van der Waals surface area contributed by atoms with Gasteiger partial charge in [-0.1, -0.05) is 42.5 Å². The van der Waals surface area contributed by atoms with E-state index in [1.807, 2.05) is 42.5 Å². The van der Waals surface area contributed by atoms with Crippen LogP contribution in [0.2, 0.25) is 0 Å². The molecule has 2 heterocycles. The minimum absolute atomic E-state index is 0.0253. The second-order valence-corrected chi connectivity index (χ2v) is 8.80. The van der Waals surface area contributed by atoms with Crippen molar-refractivity contribution < 1.29 is 4.79 Å². The maximum Gasteiger partial charge on any atom is 0.238 e. The first-order valence-electron chi connectivity index (χ1n) is 9.66. The Hall–Kier alpha value is -2.06. The highest BCUT2D eigenvalue weighted by atomic mass is 79.9. The number of carbonyl (C=O) groups excluding carboxylic acids is 1. The Balaban J connectivity index is 1.24. The lowest BCUT2D eigenvalue weighted by atomic mass is 10.2. The number of thiazole rings is 1. The number of para-hydroxylation sites is 1. The van der Waals surface area contributed by atoms with Crippen LogP contribution in [0.25, 0.3) is 10.6 Å². The molecule has 1 fully saturated rings. The minimum Gasteiger partial charge on any atom is -0.324 e. The average Bonchev–Trinajstić information content (AvgIpc) is 3.20. The second-order valence-electron chi connectivity index (χ2n) is 7.09. The van der Waals surface area contributed by atoms with Crippen molar-refractivity contribution in [3.63, 3.8) is 0 Å². The Labute approximate surface area is 183 Å². The van der Waals surface area contributed by atoms with E-state index in [-0.39, 0.29) is 5.91 Å². The number of amides is 1. The molecule has 0 unspecified atom stereocenters. The molecule has 1 aromatic heterocycles. The molecule has 3 aromatic rings. The van der Waals surface area contributed by atoms with Gasteiger partial charge in [-0.3, -0.25) is 14.6 Å².